The summed E-state index contributed by atoms with van der Waals surface area (Å²) in [5.74, 6) is 0. The van der Waals surface area contributed by atoms with Crippen LogP contribution in [0.25, 0.3) is 82.1 Å². The standard InChI is InChI=1S/C54H36N2/c1-4-18-44-37(13-1)16-11-23-45(44)40-27-32-42(33-28-40)55(51-26-12-17-38-14-2-5-19-46(38)51)43-34-29-41(30-35-43)47-20-7-9-24-52(47)56-53-25-10-8-22-49(53)50-36-31-39-15-3-6-21-48(39)54(50)56/h1-36H. The van der Waals surface area contributed by atoms with Gasteiger partial charge in [0.15, 0.2) is 0 Å². The summed E-state index contributed by atoms with van der Waals surface area (Å²) in [5, 5.41) is 9.95. The molecule has 262 valence electrons. The van der Waals surface area contributed by atoms with Gasteiger partial charge in [0.2, 0.25) is 0 Å². The number of nitrogens with zero attached hydrogens (tertiary/aromatic N) is 2. The van der Waals surface area contributed by atoms with Crippen molar-refractivity contribution in [2.24, 2.45) is 0 Å². The van der Waals surface area contributed by atoms with E-state index in [9.17, 15) is 0 Å². The lowest BCUT2D eigenvalue weighted by Crippen LogP contribution is -2.10. The fourth-order valence-corrected chi connectivity index (χ4v) is 8.78. The van der Waals surface area contributed by atoms with Gasteiger partial charge in [-0.15, -0.1) is 0 Å². The molecule has 0 saturated carbocycles. The summed E-state index contributed by atoms with van der Waals surface area (Å²) in [5.41, 5.74) is 11.8. The molecule has 0 unspecified atom stereocenters. The van der Waals surface area contributed by atoms with Crippen molar-refractivity contribution in [2.45, 2.75) is 0 Å². The molecule has 2 nitrogen and oxygen atoms in total. The first kappa shape index (κ1) is 32.0. The second kappa shape index (κ2) is 13.2. The summed E-state index contributed by atoms with van der Waals surface area (Å²) in [6.45, 7) is 0. The van der Waals surface area contributed by atoms with E-state index in [1.165, 1.54) is 76.4 Å². The van der Waals surface area contributed by atoms with Gasteiger partial charge in [-0.1, -0.05) is 176 Å². The van der Waals surface area contributed by atoms with Crippen molar-refractivity contribution in [2.75, 3.05) is 4.90 Å². The van der Waals surface area contributed by atoms with Crippen molar-refractivity contribution in [3.63, 3.8) is 0 Å². The Morgan fingerprint density at radius 1 is 0.304 bits per heavy atom. The molecule has 0 fully saturated rings. The molecule has 0 amide bonds. The molecule has 0 aliphatic heterocycles. The van der Waals surface area contributed by atoms with Crippen molar-refractivity contribution < 1.29 is 0 Å². The predicted octanol–water partition coefficient (Wildman–Crippen LogP) is 15.0. The van der Waals surface area contributed by atoms with E-state index in [1.54, 1.807) is 0 Å². The van der Waals surface area contributed by atoms with Gasteiger partial charge in [0.25, 0.3) is 0 Å². The number of hydrogen-bond donors (Lipinski definition) is 0. The summed E-state index contributed by atoms with van der Waals surface area (Å²) < 4.78 is 2.47. The van der Waals surface area contributed by atoms with Gasteiger partial charge >= 0.3 is 0 Å². The quantitative estimate of drug-likeness (QED) is 0.167. The average molecular weight is 713 g/mol. The van der Waals surface area contributed by atoms with Gasteiger partial charge in [-0.2, -0.15) is 0 Å². The molecule has 10 aromatic carbocycles. The molecule has 1 heterocycles. The first-order valence-corrected chi connectivity index (χ1v) is 19.3. The van der Waals surface area contributed by atoms with Crippen LogP contribution in [0.15, 0.2) is 218 Å². The number of rotatable bonds is 6. The Bertz CT molecular complexity index is 3230. The van der Waals surface area contributed by atoms with Gasteiger partial charge in [-0.3, -0.25) is 0 Å². The Hall–Kier alpha value is -7.42. The van der Waals surface area contributed by atoms with Crippen molar-refractivity contribution >= 4 is 71.2 Å². The van der Waals surface area contributed by atoms with Crippen LogP contribution in [0.3, 0.4) is 0 Å². The van der Waals surface area contributed by atoms with E-state index in [2.05, 4.69) is 228 Å². The molecule has 56 heavy (non-hydrogen) atoms. The molecular formula is C54H36N2. The van der Waals surface area contributed by atoms with Crippen molar-refractivity contribution in [3.8, 4) is 27.9 Å². The van der Waals surface area contributed by atoms with Crippen LogP contribution < -0.4 is 4.90 Å². The van der Waals surface area contributed by atoms with Gasteiger partial charge in [0.1, 0.15) is 0 Å². The Labute approximate surface area is 325 Å². The highest BCUT2D eigenvalue weighted by Gasteiger charge is 2.19. The van der Waals surface area contributed by atoms with E-state index in [0.717, 1.165) is 22.7 Å². The number of para-hydroxylation sites is 2. The van der Waals surface area contributed by atoms with E-state index in [-0.39, 0.29) is 0 Å². The first-order chi connectivity index (χ1) is 27.8. The predicted molar refractivity (Wildman–Crippen MR) is 239 cm³/mol. The zero-order valence-electron chi connectivity index (χ0n) is 30.7. The summed E-state index contributed by atoms with van der Waals surface area (Å²) in [4.78, 5) is 2.39. The summed E-state index contributed by atoms with van der Waals surface area (Å²) >= 11 is 0. The van der Waals surface area contributed by atoms with Crippen LogP contribution in [0, 0.1) is 0 Å². The maximum absolute atomic E-state index is 2.47. The molecular weight excluding hydrogens is 677 g/mol. The molecule has 2 heteroatoms. The Kier molecular flexibility index (Phi) is 7.53. The zero-order valence-corrected chi connectivity index (χ0v) is 30.7. The van der Waals surface area contributed by atoms with Crippen LogP contribution in [-0.2, 0) is 0 Å². The third kappa shape index (κ3) is 5.19. The van der Waals surface area contributed by atoms with Crippen LogP contribution in [0.4, 0.5) is 17.1 Å². The highest BCUT2D eigenvalue weighted by atomic mass is 15.1. The number of aromatic nitrogens is 1. The first-order valence-electron chi connectivity index (χ1n) is 19.3. The van der Waals surface area contributed by atoms with Crippen LogP contribution in [0.5, 0.6) is 0 Å². The minimum atomic E-state index is 1.10. The van der Waals surface area contributed by atoms with E-state index in [1.807, 2.05) is 0 Å². The highest BCUT2D eigenvalue weighted by molar-refractivity contribution is 6.19. The number of hydrogen-bond acceptors (Lipinski definition) is 1. The molecule has 11 rings (SSSR count). The second-order valence-corrected chi connectivity index (χ2v) is 14.5. The van der Waals surface area contributed by atoms with E-state index in [0.29, 0.717) is 0 Å². The minimum absolute atomic E-state index is 1.10. The molecule has 0 spiro atoms. The average Bonchev–Trinajstić information content (AvgIpc) is 3.62. The molecule has 1 aromatic heterocycles. The number of fused-ring (bicyclic) bond motifs is 7. The van der Waals surface area contributed by atoms with Crippen LogP contribution in [-0.4, -0.2) is 4.57 Å². The number of anilines is 3. The highest BCUT2D eigenvalue weighted by Crippen LogP contribution is 2.43. The van der Waals surface area contributed by atoms with Gasteiger partial charge in [0, 0.05) is 38.5 Å². The fraction of sp³-hybridized carbons (Fsp3) is 0. The molecule has 0 radical (unpaired) electrons. The minimum Gasteiger partial charge on any atom is -0.310 e. The molecule has 0 aliphatic rings. The number of benzene rings is 10. The van der Waals surface area contributed by atoms with Gasteiger partial charge in [0.05, 0.1) is 22.4 Å². The van der Waals surface area contributed by atoms with Crippen molar-refractivity contribution in [1.29, 1.82) is 0 Å². The SMILES string of the molecule is c1ccc(-n2c3ccccc3c3ccc4ccccc4c32)c(-c2ccc(N(c3ccc(-c4cccc5ccccc45)cc3)c3cccc4ccccc34)cc2)c1. The van der Waals surface area contributed by atoms with Crippen molar-refractivity contribution in [1.82, 2.24) is 4.57 Å². The molecule has 11 aromatic rings. The van der Waals surface area contributed by atoms with Crippen LogP contribution in [0.2, 0.25) is 0 Å². The Balaban J connectivity index is 1.05. The van der Waals surface area contributed by atoms with Crippen molar-refractivity contribution in [3.05, 3.63) is 218 Å². The Morgan fingerprint density at radius 3 is 1.54 bits per heavy atom. The Morgan fingerprint density at radius 2 is 0.804 bits per heavy atom. The maximum atomic E-state index is 2.47. The molecule has 0 saturated heterocycles. The molecule has 0 N–H and O–H groups in total. The molecule has 0 aliphatic carbocycles. The van der Waals surface area contributed by atoms with Crippen LogP contribution >= 0.6 is 0 Å². The van der Waals surface area contributed by atoms with Crippen LogP contribution in [0.1, 0.15) is 0 Å². The summed E-state index contributed by atoms with van der Waals surface area (Å²) in [7, 11) is 0. The topological polar surface area (TPSA) is 8.17 Å². The maximum Gasteiger partial charge on any atom is 0.0619 e. The largest absolute Gasteiger partial charge is 0.310 e. The third-order valence-electron chi connectivity index (χ3n) is 11.4. The van der Waals surface area contributed by atoms with Gasteiger partial charge in [-0.05, 0) is 80.7 Å². The van der Waals surface area contributed by atoms with Gasteiger partial charge in [-0.25, -0.2) is 0 Å². The van der Waals surface area contributed by atoms with E-state index in [4.69, 9.17) is 0 Å². The lowest BCUT2D eigenvalue weighted by Gasteiger charge is -2.27. The normalized spacial score (nSPS) is 11.6. The lowest BCUT2D eigenvalue weighted by molar-refractivity contribution is 1.19. The second-order valence-electron chi connectivity index (χ2n) is 14.5. The fourth-order valence-electron chi connectivity index (χ4n) is 8.78. The summed E-state index contributed by atoms with van der Waals surface area (Å²) in [6.07, 6.45) is 0. The van der Waals surface area contributed by atoms with Gasteiger partial charge < -0.3 is 9.47 Å². The third-order valence-corrected chi connectivity index (χ3v) is 11.4. The van der Waals surface area contributed by atoms with E-state index < -0.39 is 0 Å². The smallest absolute Gasteiger partial charge is 0.0619 e. The monoisotopic (exact) mass is 712 g/mol. The zero-order chi connectivity index (χ0) is 37.0. The lowest BCUT2D eigenvalue weighted by atomic mass is 9.98. The molecule has 0 atom stereocenters. The molecule has 0 bridgehead atoms. The van der Waals surface area contributed by atoms with E-state index >= 15 is 0 Å². The summed E-state index contributed by atoms with van der Waals surface area (Å²) in [6, 6.07) is 79.4.